The zero-order chi connectivity index (χ0) is 16.7. The third-order valence-corrected chi connectivity index (χ3v) is 3.36. The van der Waals surface area contributed by atoms with Crippen molar-refractivity contribution in [3.63, 3.8) is 0 Å². The zero-order valence-corrected chi connectivity index (χ0v) is 13.9. The Bertz CT molecular complexity index is 653. The van der Waals surface area contributed by atoms with Gasteiger partial charge in [0.1, 0.15) is 5.75 Å². The van der Waals surface area contributed by atoms with Gasteiger partial charge in [-0.15, -0.1) is 0 Å². The molecule has 2 N–H and O–H groups in total. The Morgan fingerprint density at radius 3 is 2.39 bits per heavy atom. The monoisotopic (exact) mass is 312 g/mol. The van der Waals surface area contributed by atoms with Gasteiger partial charge in [-0.05, 0) is 44.0 Å². The quantitative estimate of drug-likeness (QED) is 0.809. The largest absolute Gasteiger partial charge is 0.489 e. The summed E-state index contributed by atoms with van der Waals surface area (Å²) >= 11 is 0. The standard InChI is InChI=1S/C19H24N2O2/c1-4-15-9-5-6-10-16(15)20-13-19(22)21-17-11-7-8-12-18(17)23-14(2)3/h5-12,14,20H,4,13H2,1-3H3,(H,21,22). The zero-order valence-electron chi connectivity index (χ0n) is 13.9. The van der Waals surface area contributed by atoms with Crippen LogP contribution in [0.1, 0.15) is 26.3 Å². The minimum Gasteiger partial charge on any atom is -0.489 e. The van der Waals surface area contributed by atoms with Crippen LogP contribution in [0.3, 0.4) is 0 Å². The summed E-state index contributed by atoms with van der Waals surface area (Å²) in [5, 5.41) is 6.09. The highest BCUT2D eigenvalue weighted by Crippen LogP contribution is 2.24. The molecule has 0 aliphatic heterocycles. The first kappa shape index (κ1) is 16.9. The number of rotatable bonds is 7. The highest BCUT2D eigenvalue weighted by Gasteiger charge is 2.09. The van der Waals surface area contributed by atoms with Crippen molar-refractivity contribution in [1.29, 1.82) is 0 Å². The number of carbonyl (C=O) groups is 1. The molecule has 0 aliphatic carbocycles. The number of nitrogens with one attached hydrogen (secondary N) is 2. The van der Waals surface area contributed by atoms with E-state index in [4.69, 9.17) is 4.74 Å². The van der Waals surface area contributed by atoms with E-state index in [1.54, 1.807) is 0 Å². The minimum atomic E-state index is -0.101. The molecule has 0 aromatic heterocycles. The molecule has 0 saturated carbocycles. The maximum Gasteiger partial charge on any atom is 0.243 e. The summed E-state index contributed by atoms with van der Waals surface area (Å²) in [6.45, 7) is 6.23. The summed E-state index contributed by atoms with van der Waals surface area (Å²) in [6, 6.07) is 15.5. The Morgan fingerprint density at radius 1 is 1.04 bits per heavy atom. The molecular weight excluding hydrogens is 288 g/mol. The molecular formula is C19H24N2O2. The predicted octanol–water partition coefficient (Wildman–Crippen LogP) is 4.09. The van der Waals surface area contributed by atoms with Crippen LogP contribution in [0.25, 0.3) is 0 Å². The van der Waals surface area contributed by atoms with Gasteiger partial charge in [-0.2, -0.15) is 0 Å². The van der Waals surface area contributed by atoms with Crippen LogP contribution in [0, 0.1) is 0 Å². The molecule has 0 radical (unpaired) electrons. The average molecular weight is 312 g/mol. The highest BCUT2D eigenvalue weighted by molar-refractivity contribution is 5.95. The van der Waals surface area contributed by atoms with Crippen LogP contribution in [0.4, 0.5) is 11.4 Å². The number of aryl methyl sites for hydroxylation is 1. The van der Waals surface area contributed by atoms with Gasteiger partial charge in [0.2, 0.25) is 5.91 Å². The van der Waals surface area contributed by atoms with Gasteiger partial charge in [0.05, 0.1) is 18.3 Å². The van der Waals surface area contributed by atoms with E-state index < -0.39 is 0 Å². The number of carbonyl (C=O) groups excluding carboxylic acids is 1. The topological polar surface area (TPSA) is 50.4 Å². The fourth-order valence-electron chi connectivity index (χ4n) is 2.30. The Labute approximate surface area is 137 Å². The first-order chi connectivity index (χ1) is 11.1. The normalized spacial score (nSPS) is 10.4. The average Bonchev–Trinajstić information content (AvgIpc) is 2.54. The van der Waals surface area contributed by atoms with Crippen LogP contribution in [0.5, 0.6) is 5.75 Å². The number of anilines is 2. The first-order valence-corrected chi connectivity index (χ1v) is 7.97. The van der Waals surface area contributed by atoms with Crippen molar-refractivity contribution >= 4 is 17.3 Å². The van der Waals surface area contributed by atoms with E-state index in [1.165, 1.54) is 5.56 Å². The summed E-state index contributed by atoms with van der Waals surface area (Å²) in [6.07, 6.45) is 0.984. The molecule has 2 aromatic rings. The maximum atomic E-state index is 12.2. The van der Waals surface area contributed by atoms with E-state index in [0.717, 1.165) is 12.1 Å². The van der Waals surface area contributed by atoms with Gasteiger partial charge < -0.3 is 15.4 Å². The third-order valence-electron chi connectivity index (χ3n) is 3.36. The molecule has 1 amide bonds. The van der Waals surface area contributed by atoms with Crippen LogP contribution >= 0.6 is 0 Å². The smallest absolute Gasteiger partial charge is 0.243 e. The van der Waals surface area contributed by atoms with Gasteiger partial charge in [0, 0.05) is 5.69 Å². The van der Waals surface area contributed by atoms with Crippen LogP contribution in [-0.2, 0) is 11.2 Å². The molecule has 0 atom stereocenters. The Morgan fingerprint density at radius 2 is 1.70 bits per heavy atom. The molecule has 0 bridgehead atoms. The lowest BCUT2D eigenvalue weighted by atomic mass is 10.1. The van der Waals surface area contributed by atoms with Crippen molar-refractivity contribution in [2.75, 3.05) is 17.2 Å². The van der Waals surface area contributed by atoms with E-state index >= 15 is 0 Å². The van der Waals surface area contributed by atoms with E-state index in [1.807, 2.05) is 56.3 Å². The third kappa shape index (κ3) is 5.02. The van der Waals surface area contributed by atoms with Crippen LogP contribution in [0.15, 0.2) is 48.5 Å². The number of hydrogen-bond donors (Lipinski definition) is 2. The second-order valence-electron chi connectivity index (χ2n) is 5.58. The molecule has 0 unspecified atom stereocenters. The van der Waals surface area contributed by atoms with Crippen molar-refractivity contribution < 1.29 is 9.53 Å². The van der Waals surface area contributed by atoms with Gasteiger partial charge in [0.15, 0.2) is 0 Å². The molecule has 122 valence electrons. The molecule has 2 aromatic carbocycles. The number of amides is 1. The van der Waals surface area contributed by atoms with Crippen molar-refractivity contribution in [3.05, 3.63) is 54.1 Å². The highest BCUT2D eigenvalue weighted by atomic mass is 16.5. The molecule has 0 aliphatic rings. The van der Waals surface area contributed by atoms with E-state index in [9.17, 15) is 4.79 Å². The van der Waals surface area contributed by atoms with Crippen molar-refractivity contribution in [3.8, 4) is 5.75 Å². The Balaban J connectivity index is 1.97. The Hall–Kier alpha value is -2.49. The van der Waals surface area contributed by atoms with Gasteiger partial charge in [-0.25, -0.2) is 0 Å². The summed E-state index contributed by atoms with van der Waals surface area (Å²) in [7, 11) is 0. The fraction of sp³-hybridized carbons (Fsp3) is 0.316. The lowest BCUT2D eigenvalue weighted by Gasteiger charge is -2.15. The second-order valence-corrected chi connectivity index (χ2v) is 5.58. The van der Waals surface area contributed by atoms with Gasteiger partial charge in [0.25, 0.3) is 0 Å². The van der Waals surface area contributed by atoms with E-state index in [0.29, 0.717) is 11.4 Å². The van der Waals surface area contributed by atoms with Crippen LogP contribution < -0.4 is 15.4 Å². The van der Waals surface area contributed by atoms with Crippen molar-refractivity contribution in [2.45, 2.75) is 33.3 Å². The van der Waals surface area contributed by atoms with Gasteiger partial charge in [-0.1, -0.05) is 37.3 Å². The van der Waals surface area contributed by atoms with Crippen molar-refractivity contribution in [2.24, 2.45) is 0 Å². The van der Waals surface area contributed by atoms with Crippen LogP contribution in [0.2, 0.25) is 0 Å². The molecule has 4 heteroatoms. The number of para-hydroxylation sites is 3. The minimum absolute atomic E-state index is 0.0580. The van der Waals surface area contributed by atoms with Gasteiger partial charge in [-0.3, -0.25) is 4.79 Å². The van der Waals surface area contributed by atoms with E-state index in [-0.39, 0.29) is 18.6 Å². The van der Waals surface area contributed by atoms with Crippen molar-refractivity contribution in [1.82, 2.24) is 0 Å². The van der Waals surface area contributed by atoms with Gasteiger partial charge >= 0.3 is 0 Å². The van der Waals surface area contributed by atoms with E-state index in [2.05, 4.69) is 23.6 Å². The molecule has 0 spiro atoms. The van der Waals surface area contributed by atoms with Crippen LogP contribution in [-0.4, -0.2) is 18.6 Å². The number of ether oxygens (including phenoxy) is 1. The SMILES string of the molecule is CCc1ccccc1NCC(=O)Nc1ccccc1OC(C)C. The number of benzene rings is 2. The maximum absolute atomic E-state index is 12.2. The Kier molecular flexibility index (Phi) is 6.03. The molecule has 0 fully saturated rings. The molecule has 0 heterocycles. The molecule has 0 saturated heterocycles. The summed E-state index contributed by atoms with van der Waals surface area (Å²) in [5.74, 6) is 0.584. The number of hydrogen-bond acceptors (Lipinski definition) is 3. The first-order valence-electron chi connectivity index (χ1n) is 7.97. The predicted molar refractivity (Wildman–Crippen MR) is 95.1 cm³/mol. The fourth-order valence-corrected chi connectivity index (χ4v) is 2.30. The summed E-state index contributed by atoms with van der Waals surface area (Å²) in [4.78, 5) is 12.2. The summed E-state index contributed by atoms with van der Waals surface area (Å²) in [5.41, 5.74) is 2.89. The molecule has 4 nitrogen and oxygen atoms in total. The lowest BCUT2D eigenvalue weighted by Crippen LogP contribution is -2.22. The second kappa shape index (κ2) is 8.22. The lowest BCUT2D eigenvalue weighted by molar-refractivity contribution is -0.114. The summed E-state index contributed by atoms with van der Waals surface area (Å²) < 4.78 is 5.71. The molecule has 23 heavy (non-hydrogen) atoms. The molecule has 2 rings (SSSR count).